The van der Waals surface area contributed by atoms with E-state index in [4.69, 9.17) is 0 Å². The molecule has 2 N–H and O–H groups in total. The van der Waals surface area contributed by atoms with Crippen LogP contribution < -0.4 is 4.72 Å². The number of halogens is 1. The van der Waals surface area contributed by atoms with Crippen LogP contribution in [0.1, 0.15) is 17.5 Å². The number of hydrogen-bond acceptors (Lipinski definition) is 3. The maximum atomic E-state index is 13.7. The maximum absolute atomic E-state index is 13.7. The minimum absolute atomic E-state index is 0.141. The third-order valence-corrected chi connectivity index (χ3v) is 5.65. The zero-order valence-electron chi connectivity index (χ0n) is 12.5. The highest BCUT2D eigenvalue weighted by Gasteiger charge is 2.33. The summed E-state index contributed by atoms with van der Waals surface area (Å²) in [4.78, 5) is -0.403. The van der Waals surface area contributed by atoms with Crippen molar-refractivity contribution in [3.63, 3.8) is 0 Å². The molecule has 4 nitrogen and oxygen atoms in total. The van der Waals surface area contributed by atoms with E-state index in [1.54, 1.807) is 0 Å². The number of rotatable bonds is 4. The molecule has 23 heavy (non-hydrogen) atoms. The summed E-state index contributed by atoms with van der Waals surface area (Å²) in [6.07, 6.45) is 1.53. The van der Waals surface area contributed by atoms with Crippen molar-refractivity contribution < 1.29 is 17.9 Å². The Morgan fingerprint density at radius 2 is 1.74 bits per heavy atom. The molecule has 1 aliphatic carbocycles. The maximum Gasteiger partial charge on any atom is 0.243 e. The number of aliphatic hydroxyl groups is 1. The van der Waals surface area contributed by atoms with Crippen LogP contribution in [-0.2, 0) is 22.9 Å². The van der Waals surface area contributed by atoms with Gasteiger partial charge in [0.25, 0.3) is 0 Å². The van der Waals surface area contributed by atoms with Crippen LogP contribution in [0.2, 0.25) is 0 Å². The van der Waals surface area contributed by atoms with E-state index in [1.807, 2.05) is 24.3 Å². The monoisotopic (exact) mass is 335 g/mol. The van der Waals surface area contributed by atoms with E-state index in [0.29, 0.717) is 19.3 Å². The lowest BCUT2D eigenvalue weighted by Gasteiger charge is -2.33. The van der Waals surface area contributed by atoms with Crippen LogP contribution in [-0.4, -0.2) is 25.7 Å². The second-order valence-electron chi connectivity index (χ2n) is 5.92. The van der Waals surface area contributed by atoms with Crippen molar-refractivity contribution in [1.82, 2.24) is 4.72 Å². The minimum Gasteiger partial charge on any atom is -0.388 e. The van der Waals surface area contributed by atoms with E-state index in [-0.39, 0.29) is 6.54 Å². The fourth-order valence-electron chi connectivity index (χ4n) is 2.90. The first kappa shape index (κ1) is 16.1. The first-order valence-electron chi connectivity index (χ1n) is 7.43. The van der Waals surface area contributed by atoms with Gasteiger partial charge in [0.05, 0.1) is 5.60 Å². The van der Waals surface area contributed by atoms with E-state index in [9.17, 15) is 17.9 Å². The van der Waals surface area contributed by atoms with Gasteiger partial charge >= 0.3 is 0 Å². The van der Waals surface area contributed by atoms with Crippen molar-refractivity contribution in [2.45, 2.75) is 29.8 Å². The van der Waals surface area contributed by atoms with Crippen LogP contribution in [0.5, 0.6) is 0 Å². The van der Waals surface area contributed by atoms with Crippen molar-refractivity contribution in [3.05, 3.63) is 65.5 Å². The Kier molecular flexibility index (Phi) is 4.23. The van der Waals surface area contributed by atoms with Crippen LogP contribution in [0.3, 0.4) is 0 Å². The molecule has 0 amide bonds. The number of benzene rings is 2. The highest BCUT2D eigenvalue weighted by molar-refractivity contribution is 7.89. The molecule has 2 aromatic carbocycles. The molecule has 6 heteroatoms. The van der Waals surface area contributed by atoms with Crippen LogP contribution in [0.15, 0.2) is 53.4 Å². The van der Waals surface area contributed by atoms with Gasteiger partial charge in [-0.3, -0.25) is 0 Å². The predicted octanol–water partition coefficient (Wildman–Crippen LogP) is 2.02. The Balaban J connectivity index is 1.75. The Labute approximate surface area is 135 Å². The quantitative estimate of drug-likeness (QED) is 0.898. The standard InChI is InChI=1S/C17H18FNO3S/c18-15-7-3-4-8-16(15)23(21,22)19-12-17(20)10-9-13-5-1-2-6-14(13)11-17/h1-8,19-20H,9-12H2. The minimum atomic E-state index is -3.99. The van der Waals surface area contributed by atoms with E-state index in [0.717, 1.165) is 11.6 Å². The molecule has 0 bridgehead atoms. The molecule has 0 saturated heterocycles. The second kappa shape index (κ2) is 6.03. The molecule has 0 aromatic heterocycles. The molecular weight excluding hydrogens is 317 g/mol. The summed E-state index contributed by atoms with van der Waals surface area (Å²) in [7, 11) is -3.99. The SMILES string of the molecule is O=S(=O)(NCC1(O)CCc2ccccc2C1)c1ccccc1F. The van der Waals surface area contributed by atoms with Gasteiger partial charge in [-0.15, -0.1) is 0 Å². The van der Waals surface area contributed by atoms with Gasteiger partial charge in [-0.2, -0.15) is 0 Å². The highest BCUT2D eigenvalue weighted by atomic mass is 32.2. The fourth-order valence-corrected chi connectivity index (χ4v) is 4.10. The summed E-state index contributed by atoms with van der Waals surface area (Å²) in [6.45, 7) is -0.141. The van der Waals surface area contributed by atoms with Gasteiger partial charge in [-0.1, -0.05) is 36.4 Å². The average Bonchev–Trinajstić information content (AvgIpc) is 2.53. The number of fused-ring (bicyclic) bond motifs is 1. The molecule has 1 unspecified atom stereocenters. The second-order valence-corrected chi connectivity index (χ2v) is 7.66. The smallest absolute Gasteiger partial charge is 0.243 e. The van der Waals surface area contributed by atoms with Gasteiger partial charge in [-0.05, 0) is 36.1 Å². The predicted molar refractivity (Wildman–Crippen MR) is 85.0 cm³/mol. The van der Waals surface area contributed by atoms with Crippen molar-refractivity contribution in [1.29, 1.82) is 0 Å². The summed E-state index contributed by atoms with van der Waals surface area (Å²) in [5.41, 5.74) is 1.03. The molecule has 0 aliphatic heterocycles. The van der Waals surface area contributed by atoms with Crippen molar-refractivity contribution >= 4 is 10.0 Å². The molecular formula is C17H18FNO3S. The lowest BCUT2D eigenvalue weighted by molar-refractivity contribution is 0.0317. The number of sulfonamides is 1. The number of nitrogens with one attached hydrogen (secondary N) is 1. The molecule has 122 valence electrons. The zero-order valence-corrected chi connectivity index (χ0v) is 13.3. The molecule has 0 radical (unpaired) electrons. The summed E-state index contributed by atoms with van der Waals surface area (Å²) in [6, 6.07) is 13.0. The third kappa shape index (κ3) is 3.44. The molecule has 0 saturated carbocycles. The molecule has 1 atom stereocenters. The van der Waals surface area contributed by atoms with Crippen LogP contribution in [0.4, 0.5) is 4.39 Å². The van der Waals surface area contributed by atoms with Gasteiger partial charge < -0.3 is 5.11 Å². The van der Waals surface area contributed by atoms with Crippen LogP contribution in [0, 0.1) is 5.82 Å². The normalized spacial score (nSPS) is 21.0. The van der Waals surface area contributed by atoms with Crippen molar-refractivity contribution in [2.24, 2.45) is 0 Å². The Bertz CT molecular complexity index is 822. The topological polar surface area (TPSA) is 66.4 Å². The number of hydrogen-bond donors (Lipinski definition) is 2. The van der Waals surface area contributed by atoms with Crippen molar-refractivity contribution in [2.75, 3.05) is 6.54 Å². The van der Waals surface area contributed by atoms with E-state index in [2.05, 4.69) is 4.72 Å². The molecule has 1 aliphatic rings. The summed E-state index contributed by atoms with van der Waals surface area (Å²) in [5.74, 6) is -0.805. The van der Waals surface area contributed by atoms with Gasteiger partial charge in [0, 0.05) is 13.0 Å². The van der Waals surface area contributed by atoms with Gasteiger partial charge in [0.1, 0.15) is 10.7 Å². The Morgan fingerprint density at radius 3 is 2.48 bits per heavy atom. The summed E-state index contributed by atoms with van der Waals surface area (Å²) in [5, 5.41) is 10.7. The van der Waals surface area contributed by atoms with E-state index < -0.39 is 26.3 Å². The molecule has 3 rings (SSSR count). The largest absolute Gasteiger partial charge is 0.388 e. The Morgan fingerprint density at radius 1 is 1.09 bits per heavy atom. The zero-order chi connectivity index (χ0) is 16.5. The summed E-state index contributed by atoms with van der Waals surface area (Å²) < 4.78 is 40.4. The average molecular weight is 335 g/mol. The van der Waals surface area contributed by atoms with Gasteiger partial charge in [-0.25, -0.2) is 17.5 Å². The molecule has 2 aromatic rings. The van der Waals surface area contributed by atoms with Gasteiger partial charge in [0.15, 0.2) is 0 Å². The lowest BCUT2D eigenvalue weighted by atomic mass is 9.80. The molecule has 0 heterocycles. The summed E-state index contributed by atoms with van der Waals surface area (Å²) >= 11 is 0. The van der Waals surface area contributed by atoms with Gasteiger partial charge in [0.2, 0.25) is 10.0 Å². The van der Waals surface area contributed by atoms with Crippen LogP contribution >= 0.6 is 0 Å². The Hall–Kier alpha value is -1.76. The molecule has 0 spiro atoms. The fraction of sp³-hybridized carbons (Fsp3) is 0.294. The third-order valence-electron chi connectivity index (χ3n) is 4.22. The first-order chi connectivity index (χ1) is 10.9. The van der Waals surface area contributed by atoms with Crippen LogP contribution in [0.25, 0.3) is 0 Å². The lowest BCUT2D eigenvalue weighted by Crippen LogP contribution is -2.46. The molecule has 0 fully saturated rings. The highest BCUT2D eigenvalue weighted by Crippen LogP contribution is 2.28. The van der Waals surface area contributed by atoms with E-state index >= 15 is 0 Å². The first-order valence-corrected chi connectivity index (χ1v) is 8.91. The van der Waals surface area contributed by atoms with Crippen molar-refractivity contribution in [3.8, 4) is 0 Å². The van der Waals surface area contributed by atoms with E-state index in [1.165, 1.54) is 23.8 Å². The number of aryl methyl sites for hydroxylation is 1.